The van der Waals surface area contributed by atoms with E-state index in [0.29, 0.717) is 25.3 Å². The molecule has 0 spiro atoms. The number of hydrogen-bond acceptors (Lipinski definition) is 4. The third-order valence-electron chi connectivity index (χ3n) is 2.89. The van der Waals surface area contributed by atoms with Crippen LogP contribution >= 0.6 is 12.2 Å². The van der Waals surface area contributed by atoms with Gasteiger partial charge in [0, 0.05) is 19.0 Å². The number of amides is 1. The normalized spacial score (nSPS) is 16.9. The van der Waals surface area contributed by atoms with Crippen LogP contribution in [0.1, 0.15) is 39.0 Å². The number of carbonyl (C=O) groups is 1. The zero-order valence-corrected chi connectivity index (χ0v) is 12.6. The second-order valence-electron chi connectivity index (χ2n) is 4.68. The Morgan fingerprint density at radius 3 is 2.58 bits per heavy atom. The lowest BCUT2D eigenvalue weighted by molar-refractivity contribution is -0.121. The summed E-state index contributed by atoms with van der Waals surface area (Å²) in [6, 6.07) is 0.336. The van der Waals surface area contributed by atoms with Crippen molar-refractivity contribution in [3.8, 4) is 0 Å². The zero-order chi connectivity index (χ0) is 14.5. The first-order valence-electron chi connectivity index (χ1n) is 6.44. The van der Waals surface area contributed by atoms with Crippen molar-refractivity contribution < 1.29 is 13.2 Å². The van der Waals surface area contributed by atoms with E-state index in [0.717, 1.165) is 12.8 Å². The van der Waals surface area contributed by atoms with Crippen molar-refractivity contribution in [2.75, 3.05) is 6.54 Å². The summed E-state index contributed by atoms with van der Waals surface area (Å²) in [6.07, 6.45) is 3.22. The van der Waals surface area contributed by atoms with Crippen LogP contribution in [-0.4, -0.2) is 37.2 Å². The van der Waals surface area contributed by atoms with Crippen molar-refractivity contribution in [3.05, 3.63) is 0 Å². The third-order valence-corrected chi connectivity index (χ3v) is 5.27. The fraction of sp³-hybridized carbons (Fsp3) is 0.818. The van der Waals surface area contributed by atoms with E-state index in [-0.39, 0.29) is 17.4 Å². The van der Waals surface area contributed by atoms with Gasteiger partial charge in [0.1, 0.15) is 5.25 Å². The molecule has 1 amide bonds. The lowest BCUT2D eigenvalue weighted by Crippen LogP contribution is -2.42. The first-order chi connectivity index (χ1) is 8.86. The van der Waals surface area contributed by atoms with Gasteiger partial charge in [0.15, 0.2) is 0 Å². The van der Waals surface area contributed by atoms with Gasteiger partial charge >= 0.3 is 0 Å². The van der Waals surface area contributed by atoms with E-state index in [2.05, 4.69) is 10.0 Å². The fourth-order valence-electron chi connectivity index (χ4n) is 1.66. The number of rotatable bonds is 9. The molecule has 1 unspecified atom stereocenters. The maximum atomic E-state index is 11.9. The molecule has 0 aromatic heterocycles. The summed E-state index contributed by atoms with van der Waals surface area (Å²) in [4.78, 5) is 11.4. The summed E-state index contributed by atoms with van der Waals surface area (Å²) in [5.41, 5.74) is 5.40. The van der Waals surface area contributed by atoms with Crippen molar-refractivity contribution in [1.82, 2.24) is 10.0 Å². The number of thiocarbonyl (C=S) groups is 1. The van der Waals surface area contributed by atoms with Gasteiger partial charge in [-0.05, 0) is 25.7 Å². The van der Waals surface area contributed by atoms with Gasteiger partial charge in [-0.2, -0.15) is 0 Å². The predicted molar refractivity (Wildman–Crippen MR) is 78.2 cm³/mol. The van der Waals surface area contributed by atoms with Crippen LogP contribution in [0, 0.1) is 0 Å². The Labute approximate surface area is 119 Å². The molecule has 0 radical (unpaired) electrons. The van der Waals surface area contributed by atoms with E-state index < -0.39 is 15.3 Å². The maximum Gasteiger partial charge on any atom is 0.220 e. The van der Waals surface area contributed by atoms with Crippen LogP contribution in [0.25, 0.3) is 0 Å². The molecule has 110 valence electrons. The molecule has 1 fully saturated rings. The van der Waals surface area contributed by atoms with Crippen LogP contribution in [0.15, 0.2) is 0 Å². The molecule has 19 heavy (non-hydrogen) atoms. The van der Waals surface area contributed by atoms with Crippen molar-refractivity contribution >= 4 is 33.1 Å². The standard InChI is InChI=1S/C11H21N3O3S2/c1-2-9(11(12)18)19(16,17)13-7-3-4-10(15)14-8-5-6-8/h8-9,13H,2-7H2,1H3,(H2,12,18)(H,14,15). The zero-order valence-electron chi connectivity index (χ0n) is 11.0. The molecule has 1 atom stereocenters. The minimum absolute atomic E-state index is 0.0249. The Morgan fingerprint density at radius 1 is 1.47 bits per heavy atom. The van der Waals surface area contributed by atoms with Gasteiger partial charge in [-0.3, -0.25) is 4.79 Å². The quantitative estimate of drug-likeness (QED) is 0.412. The highest BCUT2D eigenvalue weighted by molar-refractivity contribution is 7.93. The molecule has 0 heterocycles. The number of carbonyl (C=O) groups excluding carboxylic acids is 1. The average molecular weight is 307 g/mol. The van der Waals surface area contributed by atoms with Gasteiger partial charge in [-0.25, -0.2) is 13.1 Å². The molecule has 0 saturated heterocycles. The Bertz CT molecular complexity index is 432. The highest BCUT2D eigenvalue weighted by Gasteiger charge is 2.26. The molecule has 8 heteroatoms. The molecule has 0 bridgehead atoms. The summed E-state index contributed by atoms with van der Waals surface area (Å²) in [6.45, 7) is 1.94. The molecular weight excluding hydrogens is 286 g/mol. The van der Waals surface area contributed by atoms with E-state index in [1.807, 2.05) is 0 Å². The Hall–Kier alpha value is -0.730. The van der Waals surface area contributed by atoms with Crippen molar-refractivity contribution in [2.24, 2.45) is 5.73 Å². The molecule has 1 aliphatic rings. The summed E-state index contributed by atoms with van der Waals surface area (Å²) in [5, 5.41) is 2.00. The summed E-state index contributed by atoms with van der Waals surface area (Å²) < 4.78 is 26.2. The molecule has 0 aromatic carbocycles. The van der Waals surface area contributed by atoms with Gasteiger partial charge in [0.2, 0.25) is 15.9 Å². The van der Waals surface area contributed by atoms with Gasteiger partial charge in [0.25, 0.3) is 0 Å². The second kappa shape index (κ2) is 7.16. The SMILES string of the molecule is CCC(C(N)=S)S(=O)(=O)NCCCC(=O)NC1CC1. The van der Waals surface area contributed by atoms with E-state index in [4.69, 9.17) is 18.0 Å². The molecule has 1 aliphatic carbocycles. The van der Waals surface area contributed by atoms with E-state index >= 15 is 0 Å². The highest BCUT2D eigenvalue weighted by atomic mass is 32.2. The Morgan fingerprint density at radius 2 is 2.11 bits per heavy atom. The van der Waals surface area contributed by atoms with Gasteiger partial charge < -0.3 is 11.1 Å². The Kier molecular flexibility index (Phi) is 6.15. The lowest BCUT2D eigenvalue weighted by atomic mass is 10.3. The van der Waals surface area contributed by atoms with Gasteiger partial charge in [0.05, 0.1) is 4.99 Å². The summed E-state index contributed by atoms with van der Waals surface area (Å²) in [7, 11) is -3.53. The van der Waals surface area contributed by atoms with Crippen molar-refractivity contribution in [2.45, 2.75) is 50.3 Å². The first-order valence-corrected chi connectivity index (χ1v) is 8.39. The van der Waals surface area contributed by atoms with Crippen LogP contribution in [0.4, 0.5) is 0 Å². The second-order valence-corrected chi connectivity index (χ2v) is 7.10. The minimum Gasteiger partial charge on any atom is -0.392 e. The van der Waals surface area contributed by atoms with Gasteiger partial charge in [-0.1, -0.05) is 19.1 Å². The minimum atomic E-state index is -3.53. The number of nitrogens with two attached hydrogens (primary N) is 1. The largest absolute Gasteiger partial charge is 0.392 e. The van der Waals surface area contributed by atoms with E-state index in [1.54, 1.807) is 6.92 Å². The average Bonchev–Trinajstić information content (AvgIpc) is 3.08. The van der Waals surface area contributed by atoms with E-state index in [1.165, 1.54) is 0 Å². The van der Waals surface area contributed by atoms with E-state index in [9.17, 15) is 13.2 Å². The monoisotopic (exact) mass is 307 g/mol. The number of hydrogen-bond donors (Lipinski definition) is 3. The van der Waals surface area contributed by atoms with Gasteiger partial charge in [-0.15, -0.1) is 0 Å². The summed E-state index contributed by atoms with van der Waals surface area (Å²) >= 11 is 4.73. The molecule has 1 rings (SSSR count). The highest BCUT2D eigenvalue weighted by Crippen LogP contribution is 2.18. The number of nitrogens with one attached hydrogen (secondary N) is 2. The van der Waals surface area contributed by atoms with Crippen LogP contribution < -0.4 is 15.8 Å². The van der Waals surface area contributed by atoms with Crippen LogP contribution in [0.2, 0.25) is 0 Å². The topological polar surface area (TPSA) is 101 Å². The van der Waals surface area contributed by atoms with Crippen molar-refractivity contribution in [1.29, 1.82) is 0 Å². The molecule has 0 aromatic rings. The molecule has 4 N–H and O–H groups in total. The van der Waals surface area contributed by atoms with Crippen molar-refractivity contribution in [3.63, 3.8) is 0 Å². The first kappa shape index (κ1) is 16.3. The predicted octanol–water partition coefficient (Wildman–Crippen LogP) is 0.0293. The van der Waals surface area contributed by atoms with Crippen LogP contribution in [0.3, 0.4) is 0 Å². The fourth-order valence-corrected chi connectivity index (χ4v) is 3.59. The molecule has 0 aliphatic heterocycles. The molecule has 1 saturated carbocycles. The number of sulfonamides is 1. The smallest absolute Gasteiger partial charge is 0.220 e. The third kappa shape index (κ3) is 5.84. The molecular formula is C11H21N3O3S2. The Balaban J connectivity index is 2.26. The van der Waals surface area contributed by atoms with Crippen LogP contribution in [0.5, 0.6) is 0 Å². The molecule has 6 nitrogen and oxygen atoms in total. The lowest BCUT2D eigenvalue weighted by Gasteiger charge is -2.15. The maximum absolute atomic E-state index is 11.9. The van der Waals surface area contributed by atoms with Crippen LogP contribution in [-0.2, 0) is 14.8 Å². The summed E-state index contributed by atoms with van der Waals surface area (Å²) in [5.74, 6) is -0.0249.